The molecule has 0 saturated carbocycles. The van der Waals surface area contributed by atoms with Crippen LogP contribution in [-0.2, 0) is 16.1 Å². The molecule has 2 aliphatic rings. The summed E-state index contributed by atoms with van der Waals surface area (Å²) in [6.07, 6.45) is 8.45. The van der Waals surface area contributed by atoms with E-state index in [0.717, 1.165) is 51.9 Å². The number of piperidine rings is 2. The van der Waals surface area contributed by atoms with Gasteiger partial charge in [-0.15, -0.1) is 0 Å². The van der Waals surface area contributed by atoms with Crippen LogP contribution in [0.1, 0.15) is 38.5 Å². The number of hydrogen-bond donors (Lipinski definition) is 1. The smallest absolute Gasteiger partial charge is 0.224 e. The van der Waals surface area contributed by atoms with Crippen molar-refractivity contribution in [3.05, 3.63) is 24.5 Å². The van der Waals surface area contributed by atoms with E-state index < -0.39 is 0 Å². The molecule has 6 nitrogen and oxygen atoms in total. The number of amides is 2. The molecule has 1 aromatic rings. The monoisotopic (exact) mass is 347 g/mol. The van der Waals surface area contributed by atoms with Crippen LogP contribution in [0.25, 0.3) is 0 Å². The number of rotatable bonds is 7. The van der Waals surface area contributed by atoms with E-state index in [1.165, 1.54) is 0 Å². The van der Waals surface area contributed by atoms with Crippen molar-refractivity contribution in [2.75, 3.05) is 26.2 Å². The summed E-state index contributed by atoms with van der Waals surface area (Å²) in [7, 11) is 0. The number of unbranched alkanes of at least 4 members (excludes halogenated alkanes) is 1. The Labute approximate surface area is 149 Å². The van der Waals surface area contributed by atoms with Gasteiger partial charge >= 0.3 is 0 Å². The second-order valence-corrected chi connectivity index (χ2v) is 7.18. The van der Waals surface area contributed by atoms with Gasteiger partial charge in [0, 0.05) is 64.1 Å². The molecule has 25 heavy (non-hydrogen) atoms. The van der Waals surface area contributed by atoms with Crippen LogP contribution in [-0.4, -0.2) is 63.6 Å². The molecule has 2 fully saturated rings. The highest BCUT2D eigenvalue weighted by atomic mass is 16.3. The molecular formula is C19H29N3O3. The maximum atomic E-state index is 12.5. The summed E-state index contributed by atoms with van der Waals surface area (Å²) in [5, 5.41) is 8.96. The summed E-state index contributed by atoms with van der Waals surface area (Å²) in [4.78, 5) is 28.8. The molecule has 0 spiro atoms. The van der Waals surface area contributed by atoms with E-state index in [1.807, 2.05) is 38.9 Å². The highest BCUT2D eigenvalue weighted by molar-refractivity contribution is 5.78. The minimum absolute atomic E-state index is 0.180. The van der Waals surface area contributed by atoms with Gasteiger partial charge in [-0.3, -0.25) is 9.59 Å². The Morgan fingerprint density at radius 2 is 1.96 bits per heavy atom. The second kappa shape index (κ2) is 8.52. The van der Waals surface area contributed by atoms with Gasteiger partial charge in [-0.1, -0.05) is 0 Å². The number of aliphatic hydroxyl groups is 1. The van der Waals surface area contributed by atoms with Gasteiger partial charge in [-0.2, -0.15) is 0 Å². The Morgan fingerprint density at radius 1 is 1.16 bits per heavy atom. The van der Waals surface area contributed by atoms with E-state index in [1.54, 1.807) is 0 Å². The molecule has 3 heterocycles. The third-order valence-corrected chi connectivity index (χ3v) is 5.55. The number of aryl methyl sites for hydroxylation is 1. The lowest BCUT2D eigenvalue weighted by atomic mass is 9.83. The normalized spacial score (nSPS) is 23.6. The molecule has 0 radical (unpaired) electrons. The van der Waals surface area contributed by atoms with Gasteiger partial charge in [0.05, 0.1) is 0 Å². The second-order valence-electron chi connectivity index (χ2n) is 7.18. The summed E-state index contributed by atoms with van der Waals surface area (Å²) < 4.78 is 2.03. The van der Waals surface area contributed by atoms with Gasteiger partial charge in [-0.05, 0) is 43.7 Å². The first kappa shape index (κ1) is 18.0. The highest BCUT2D eigenvalue weighted by Crippen LogP contribution is 2.31. The standard InChI is InChI=1S/C19H29N3O3/c23-14-4-3-11-22-17-7-13-21(15-16(17)5-6-19(22)25)18(24)8-12-20-9-1-2-10-20/h1-2,9-10,16-17,23H,3-8,11-15H2/t16-,17+/m0/s1. The van der Waals surface area contributed by atoms with Crippen molar-refractivity contribution < 1.29 is 14.7 Å². The minimum Gasteiger partial charge on any atom is -0.396 e. The first-order valence-electron chi connectivity index (χ1n) is 9.48. The van der Waals surface area contributed by atoms with Gasteiger partial charge in [0.1, 0.15) is 0 Å². The zero-order valence-electron chi connectivity index (χ0n) is 14.8. The number of aliphatic hydroxyl groups excluding tert-OH is 1. The van der Waals surface area contributed by atoms with Gasteiger partial charge in [0.25, 0.3) is 0 Å². The number of hydrogen-bond acceptors (Lipinski definition) is 3. The van der Waals surface area contributed by atoms with Gasteiger partial charge < -0.3 is 19.5 Å². The molecule has 6 heteroatoms. The summed E-state index contributed by atoms with van der Waals surface area (Å²) >= 11 is 0. The predicted octanol–water partition coefficient (Wildman–Crippen LogP) is 1.49. The van der Waals surface area contributed by atoms with Crippen LogP contribution < -0.4 is 0 Å². The van der Waals surface area contributed by atoms with E-state index in [-0.39, 0.29) is 24.5 Å². The lowest BCUT2D eigenvalue weighted by Gasteiger charge is -2.47. The maximum Gasteiger partial charge on any atom is 0.224 e. The fraction of sp³-hybridized carbons (Fsp3) is 0.684. The predicted molar refractivity (Wildman–Crippen MR) is 94.8 cm³/mol. The van der Waals surface area contributed by atoms with E-state index in [0.29, 0.717) is 18.8 Å². The average molecular weight is 347 g/mol. The van der Waals surface area contributed by atoms with Crippen LogP contribution in [0.15, 0.2) is 24.5 Å². The molecule has 0 bridgehead atoms. The molecule has 2 amide bonds. The van der Waals surface area contributed by atoms with E-state index in [9.17, 15) is 9.59 Å². The molecule has 1 N–H and O–H groups in total. The topological polar surface area (TPSA) is 65.8 Å². The molecular weight excluding hydrogens is 318 g/mol. The minimum atomic E-state index is 0.180. The number of fused-ring (bicyclic) bond motifs is 1. The van der Waals surface area contributed by atoms with Crippen molar-refractivity contribution in [2.45, 2.75) is 51.1 Å². The lowest BCUT2D eigenvalue weighted by Crippen LogP contribution is -2.57. The Kier molecular flexibility index (Phi) is 6.13. The SMILES string of the molecule is O=C(CCn1cccc1)N1CC[C@@H]2[C@@H](CCC(=O)N2CCCCO)C1. The quantitative estimate of drug-likeness (QED) is 0.760. The largest absolute Gasteiger partial charge is 0.396 e. The van der Waals surface area contributed by atoms with Gasteiger partial charge in [0.2, 0.25) is 11.8 Å². The fourth-order valence-electron chi connectivity index (χ4n) is 4.16. The molecule has 2 aliphatic heterocycles. The zero-order valence-corrected chi connectivity index (χ0v) is 14.8. The average Bonchev–Trinajstić information content (AvgIpc) is 3.15. The number of likely N-dealkylation sites (tertiary alicyclic amines) is 2. The molecule has 138 valence electrons. The molecule has 0 aliphatic carbocycles. The van der Waals surface area contributed by atoms with Gasteiger partial charge in [0.15, 0.2) is 0 Å². The van der Waals surface area contributed by atoms with Crippen LogP contribution >= 0.6 is 0 Å². The van der Waals surface area contributed by atoms with E-state index in [4.69, 9.17) is 5.11 Å². The van der Waals surface area contributed by atoms with E-state index in [2.05, 4.69) is 0 Å². The molecule has 3 rings (SSSR count). The number of carbonyl (C=O) groups is 2. The number of nitrogens with zero attached hydrogens (tertiary/aromatic N) is 3. The Morgan fingerprint density at radius 3 is 2.72 bits per heavy atom. The maximum absolute atomic E-state index is 12.5. The van der Waals surface area contributed by atoms with Crippen LogP contribution in [0, 0.1) is 5.92 Å². The van der Waals surface area contributed by atoms with Crippen molar-refractivity contribution >= 4 is 11.8 Å². The Hall–Kier alpha value is -1.82. The van der Waals surface area contributed by atoms with Crippen LogP contribution in [0.5, 0.6) is 0 Å². The molecule has 2 saturated heterocycles. The molecule has 2 atom stereocenters. The number of carbonyl (C=O) groups excluding carboxylic acids is 2. The summed E-state index contributed by atoms with van der Waals surface area (Å²) in [6, 6.07) is 4.22. The van der Waals surface area contributed by atoms with Crippen molar-refractivity contribution in [3.63, 3.8) is 0 Å². The first-order valence-corrected chi connectivity index (χ1v) is 9.48. The van der Waals surface area contributed by atoms with Crippen LogP contribution in [0.2, 0.25) is 0 Å². The fourth-order valence-corrected chi connectivity index (χ4v) is 4.16. The number of aromatic nitrogens is 1. The Bertz CT molecular complexity index is 572. The molecule has 0 aromatic carbocycles. The summed E-state index contributed by atoms with van der Waals surface area (Å²) in [5.41, 5.74) is 0. The van der Waals surface area contributed by atoms with E-state index >= 15 is 0 Å². The molecule has 1 aromatic heterocycles. The highest BCUT2D eigenvalue weighted by Gasteiger charge is 2.39. The van der Waals surface area contributed by atoms with Gasteiger partial charge in [-0.25, -0.2) is 0 Å². The molecule has 0 unspecified atom stereocenters. The third kappa shape index (κ3) is 4.42. The van der Waals surface area contributed by atoms with Crippen LogP contribution in [0.3, 0.4) is 0 Å². The van der Waals surface area contributed by atoms with Crippen LogP contribution in [0.4, 0.5) is 0 Å². The lowest BCUT2D eigenvalue weighted by molar-refractivity contribution is -0.144. The summed E-state index contributed by atoms with van der Waals surface area (Å²) in [6.45, 7) is 3.17. The van der Waals surface area contributed by atoms with Crippen molar-refractivity contribution in [1.29, 1.82) is 0 Å². The van der Waals surface area contributed by atoms with Crippen molar-refractivity contribution in [3.8, 4) is 0 Å². The third-order valence-electron chi connectivity index (χ3n) is 5.55. The van der Waals surface area contributed by atoms with Crippen molar-refractivity contribution in [1.82, 2.24) is 14.4 Å². The zero-order chi connectivity index (χ0) is 17.6. The van der Waals surface area contributed by atoms with Crippen molar-refractivity contribution in [2.24, 2.45) is 5.92 Å². The summed E-state index contributed by atoms with van der Waals surface area (Å²) in [5.74, 6) is 0.860. The first-order chi connectivity index (χ1) is 12.2. The Balaban J connectivity index is 1.52.